The molecule has 6 heteroatoms. The number of carbonyl (C=O) groups excluding carboxylic acids is 1. The number of aromatic nitrogens is 1. The van der Waals surface area contributed by atoms with E-state index in [4.69, 9.17) is 0 Å². The van der Waals surface area contributed by atoms with E-state index in [2.05, 4.69) is 15.2 Å². The van der Waals surface area contributed by atoms with E-state index in [0.29, 0.717) is 25.1 Å². The van der Waals surface area contributed by atoms with Gasteiger partial charge in [-0.25, -0.2) is 0 Å². The standard InChI is InChI=1S/C26H30N4O2/c1-29(2)23-12-6-9-21(16-23)25(32)28-26(22-10-4-3-5-11-22)13-15-30(19-24(26)31)18-20-8-7-14-27-17-20/h3-12,14,16-17,24,31H,13,15,18-19H2,1-2H3,(H,28,32)/t24-,26+/m1/s1. The van der Waals surface area contributed by atoms with Crippen LogP contribution in [0.15, 0.2) is 79.1 Å². The Hall–Kier alpha value is -3.22. The first-order valence-corrected chi connectivity index (χ1v) is 10.9. The zero-order valence-electron chi connectivity index (χ0n) is 18.6. The fourth-order valence-electron chi connectivity index (χ4n) is 4.38. The SMILES string of the molecule is CN(C)c1cccc(C(=O)N[C@]2(c3ccccc3)CCN(Cc3cccnc3)C[C@H]2O)c1. The van der Waals surface area contributed by atoms with Crippen LogP contribution in [0.3, 0.4) is 0 Å². The number of rotatable bonds is 6. The van der Waals surface area contributed by atoms with Crippen LogP contribution in [-0.4, -0.2) is 54.2 Å². The van der Waals surface area contributed by atoms with E-state index in [1.54, 1.807) is 6.20 Å². The maximum Gasteiger partial charge on any atom is 0.252 e. The van der Waals surface area contributed by atoms with Crippen molar-refractivity contribution in [2.24, 2.45) is 0 Å². The predicted molar refractivity (Wildman–Crippen MR) is 126 cm³/mol. The minimum absolute atomic E-state index is 0.183. The zero-order valence-corrected chi connectivity index (χ0v) is 18.6. The summed E-state index contributed by atoms with van der Waals surface area (Å²) in [4.78, 5) is 21.7. The predicted octanol–water partition coefficient (Wildman–Crippen LogP) is 3.04. The molecule has 2 aromatic carbocycles. The Balaban J connectivity index is 1.59. The summed E-state index contributed by atoms with van der Waals surface area (Å²) < 4.78 is 0. The topological polar surface area (TPSA) is 68.7 Å². The number of β-amino-alcohol motifs (C(OH)–C–C–N with tert-alkyl or cyclic N) is 1. The van der Waals surface area contributed by atoms with Gasteiger partial charge in [-0.1, -0.05) is 42.5 Å². The van der Waals surface area contributed by atoms with Crippen LogP contribution in [0.4, 0.5) is 5.69 Å². The number of likely N-dealkylation sites (tertiary alicyclic amines) is 1. The Morgan fingerprint density at radius 1 is 1.16 bits per heavy atom. The highest BCUT2D eigenvalue weighted by Crippen LogP contribution is 2.34. The molecule has 3 aromatic rings. The van der Waals surface area contributed by atoms with Gasteiger partial charge in [0.2, 0.25) is 0 Å². The number of anilines is 1. The van der Waals surface area contributed by atoms with E-state index in [-0.39, 0.29) is 5.91 Å². The van der Waals surface area contributed by atoms with E-state index in [9.17, 15) is 9.90 Å². The Morgan fingerprint density at radius 2 is 1.97 bits per heavy atom. The number of piperidine rings is 1. The molecular weight excluding hydrogens is 400 g/mol. The molecule has 0 radical (unpaired) electrons. The van der Waals surface area contributed by atoms with E-state index < -0.39 is 11.6 Å². The van der Waals surface area contributed by atoms with E-state index in [0.717, 1.165) is 23.4 Å². The number of nitrogens with one attached hydrogen (secondary N) is 1. The lowest BCUT2D eigenvalue weighted by molar-refractivity contribution is -0.0181. The van der Waals surface area contributed by atoms with Crippen LogP contribution in [0.5, 0.6) is 0 Å². The molecule has 1 fully saturated rings. The summed E-state index contributed by atoms with van der Waals surface area (Å²) in [6, 6.07) is 21.3. The van der Waals surface area contributed by atoms with Crippen molar-refractivity contribution in [3.8, 4) is 0 Å². The monoisotopic (exact) mass is 430 g/mol. The van der Waals surface area contributed by atoms with Crippen LogP contribution in [0, 0.1) is 0 Å². The molecule has 4 rings (SSSR count). The highest BCUT2D eigenvalue weighted by atomic mass is 16.3. The van der Waals surface area contributed by atoms with Crippen molar-refractivity contribution in [1.82, 2.24) is 15.2 Å². The van der Waals surface area contributed by atoms with E-state index >= 15 is 0 Å². The molecule has 1 aliphatic heterocycles. The van der Waals surface area contributed by atoms with Crippen molar-refractivity contribution < 1.29 is 9.90 Å². The number of benzene rings is 2. The molecule has 0 spiro atoms. The minimum Gasteiger partial charge on any atom is -0.389 e. The van der Waals surface area contributed by atoms with E-state index in [1.165, 1.54) is 0 Å². The molecule has 1 aromatic heterocycles. The summed E-state index contributed by atoms with van der Waals surface area (Å²) in [7, 11) is 3.90. The first kappa shape index (κ1) is 22.0. The summed E-state index contributed by atoms with van der Waals surface area (Å²) in [5.74, 6) is -0.183. The van der Waals surface area contributed by atoms with Crippen molar-refractivity contribution in [2.45, 2.75) is 24.6 Å². The lowest BCUT2D eigenvalue weighted by Crippen LogP contribution is -2.61. The molecule has 2 N–H and O–H groups in total. The average molecular weight is 431 g/mol. The molecule has 166 valence electrons. The second kappa shape index (κ2) is 9.51. The van der Waals surface area contributed by atoms with Crippen LogP contribution >= 0.6 is 0 Å². The smallest absolute Gasteiger partial charge is 0.252 e. The van der Waals surface area contributed by atoms with Gasteiger partial charge in [0.1, 0.15) is 0 Å². The number of carbonyl (C=O) groups is 1. The maximum absolute atomic E-state index is 13.3. The Kier molecular flexibility index (Phi) is 6.53. The van der Waals surface area contributed by atoms with Gasteiger partial charge in [-0.05, 0) is 41.8 Å². The van der Waals surface area contributed by atoms with Crippen molar-refractivity contribution >= 4 is 11.6 Å². The highest BCUT2D eigenvalue weighted by molar-refractivity contribution is 5.95. The molecule has 32 heavy (non-hydrogen) atoms. The van der Waals surface area contributed by atoms with Crippen molar-refractivity contribution in [1.29, 1.82) is 0 Å². The maximum atomic E-state index is 13.3. The Morgan fingerprint density at radius 3 is 2.66 bits per heavy atom. The summed E-state index contributed by atoms with van der Waals surface area (Å²) >= 11 is 0. The summed E-state index contributed by atoms with van der Waals surface area (Å²) in [5, 5.41) is 14.6. The van der Waals surface area contributed by atoms with Crippen molar-refractivity contribution in [3.05, 3.63) is 95.8 Å². The molecule has 0 aliphatic carbocycles. The molecule has 1 aliphatic rings. The quantitative estimate of drug-likeness (QED) is 0.629. The molecule has 0 unspecified atom stereocenters. The number of nitrogens with zero attached hydrogens (tertiary/aromatic N) is 3. The first-order valence-electron chi connectivity index (χ1n) is 10.9. The van der Waals surface area contributed by atoms with Gasteiger partial charge in [0, 0.05) is 57.4 Å². The zero-order chi connectivity index (χ0) is 22.6. The fourth-order valence-corrected chi connectivity index (χ4v) is 4.38. The highest BCUT2D eigenvalue weighted by Gasteiger charge is 2.45. The normalized spacial score (nSPS) is 21.2. The number of hydrogen-bond acceptors (Lipinski definition) is 5. The number of pyridine rings is 1. The van der Waals surface area contributed by atoms with Crippen molar-refractivity contribution in [3.63, 3.8) is 0 Å². The molecule has 1 saturated heterocycles. The van der Waals surface area contributed by atoms with Gasteiger partial charge >= 0.3 is 0 Å². The average Bonchev–Trinajstić information content (AvgIpc) is 2.82. The fraction of sp³-hybridized carbons (Fsp3) is 0.308. The third-order valence-corrected chi connectivity index (χ3v) is 6.20. The second-order valence-corrected chi connectivity index (χ2v) is 8.60. The number of amides is 1. The third kappa shape index (κ3) is 4.66. The van der Waals surface area contributed by atoms with Gasteiger partial charge in [0.05, 0.1) is 11.6 Å². The van der Waals surface area contributed by atoms with Crippen LogP contribution in [0.25, 0.3) is 0 Å². The van der Waals surface area contributed by atoms with Gasteiger partial charge in [0.15, 0.2) is 0 Å². The van der Waals surface area contributed by atoms with E-state index in [1.807, 2.05) is 91.9 Å². The molecular formula is C26H30N4O2. The summed E-state index contributed by atoms with van der Waals surface area (Å²) in [6.45, 7) is 1.93. The molecule has 2 atom stereocenters. The minimum atomic E-state index is -0.849. The van der Waals surface area contributed by atoms with Crippen LogP contribution in [0.2, 0.25) is 0 Å². The Labute approximate surface area is 189 Å². The number of hydrogen-bond donors (Lipinski definition) is 2. The molecule has 0 saturated carbocycles. The molecule has 1 amide bonds. The van der Waals surface area contributed by atoms with Crippen molar-refractivity contribution in [2.75, 3.05) is 32.1 Å². The van der Waals surface area contributed by atoms with Crippen LogP contribution < -0.4 is 10.2 Å². The lowest BCUT2D eigenvalue weighted by Gasteiger charge is -2.46. The second-order valence-electron chi connectivity index (χ2n) is 8.60. The van der Waals surface area contributed by atoms with Crippen LogP contribution in [-0.2, 0) is 12.1 Å². The van der Waals surface area contributed by atoms with Gasteiger partial charge in [-0.3, -0.25) is 14.7 Å². The van der Waals surface area contributed by atoms with Gasteiger partial charge in [0.25, 0.3) is 5.91 Å². The Bertz CT molecular complexity index is 1040. The summed E-state index contributed by atoms with van der Waals surface area (Å²) in [5.41, 5.74) is 2.72. The third-order valence-electron chi connectivity index (χ3n) is 6.20. The molecule has 0 bridgehead atoms. The van der Waals surface area contributed by atoms with Gasteiger partial charge < -0.3 is 15.3 Å². The molecule has 2 heterocycles. The largest absolute Gasteiger partial charge is 0.389 e. The number of aliphatic hydroxyl groups excluding tert-OH is 1. The van der Waals surface area contributed by atoms with Gasteiger partial charge in [-0.15, -0.1) is 0 Å². The summed E-state index contributed by atoms with van der Waals surface area (Å²) in [6.07, 6.45) is 3.47. The van der Waals surface area contributed by atoms with Gasteiger partial charge in [-0.2, -0.15) is 0 Å². The molecule has 6 nitrogen and oxygen atoms in total. The lowest BCUT2D eigenvalue weighted by atomic mass is 9.78. The van der Waals surface area contributed by atoms with Crippen LogP contribution in [0.1, 0.15) is 27.9 Å². The first-order chi connectivity index (χ1) is 15.5. The number of aliphatic hydroxyl groups is 1.